The van der Waals surface area contributed by atoms with Crippen LogP contribution in [-0.4, -0.2) is 48.2 Å². The molecule has 1 amide bonds. The van der Waals surface area contributed by atoms with Crippen molar-refractivity contribution in [2.45, 2.75) is 31.4 Å². The molecule has 2 aromatic carbocycles. The third kappa shape index (κ3) is 3.58. The molecule has 2 aromatic rings. The van der Waals surface area contributed by atoms with E-state index in [9.17, 15) is 4.79 Å². The van der Waals surface area contributed by atoms with E-state index in [1.807, 2.05) is 23.1 Å². The highest BCUT2D eigenvalue weighted by molar-refractivity contribution is 8.93. The smallest absolute Gasteiger partial charge is 0.410 e. The summed E-state index contributed by atoms with van der Waals surface area (Å²) in [6, 6.07) is 18.8. The van der Waals surface area contributed by atoms with E-state index >= 15 is 0 Å². The van der Waals surface area contributed by atoms with Crippen LogP contribution >= 0.6 is 17.0 Å². The van der Waals surface area contributed by atoms with Gasteiger partial charge in [0.15, 0.2) is 0 Å². The van der Waals surface area contributed by atoms with Crippen molar-refractivity contribution < 1.29 is 9.53 Å². The van der Waals surface area contributed by atoms with Crippen molar-refractivity contribution in [1.29, 1.82) is 0 Å². The zero-order valence-corrected chi connectivity index (χ0v) is 17.7. The van der Waals surface area contributed by atoms with Crippen LogP contribution in [0.3, 0.4) is 0 Å². The summed E-state index contributed by atoms with van der Waals surface area (Å²) in [4.78, 5) is 17.6. The predicted molar refractivity (Wildman–Crippen MR) is 115 cm³/mol. The first-order chi connectivity index (χ1) is 13.3. The first-order valence-corrected chi connectivity index (χ1v) is 10.1. The predicted octanol–water partition coefficient (Wildman–Crippen LogP) is 4.44. The highest BCUT2D eigenvalue weighted by Crippen LogP contribution is 2.36. The van der Waals surface area contributed by atoms with Crippen molar-refractivity contribution in [3.8, 4) is 0 Å². The Morgan fingerprint density at radius 2 is 1.64 bits per heavy atom. The van der Waals surface area contributed by atoms with Crippen LogP contribution in [0.2, 0.25) is 0 Å². The van der Waals surface area contributed by atoms with Gasteiger partial charge in [0, 0.05) is 13.1 Å². The summed E-state index contributed by atoms with van der Waals surface area (Å²) < 4.78 is 6.08. The molecule has 4 aliphatic rings. The van der Waals surface area contributed by atoms with E-state index in [0.29, 0.717) is 12.5 Å². The van der Waals surface area contributed by atoms with Crippen LogP contribution in [0.25, 0.3) is 0 Å². The van der Waals surface area contributed by atoms with E-state index in [1.54, 1.807) is 0 Å². The molecule has 4 aliphatic heterocycles. The number of carbonyl (C=O) groups excluding carboxylic acids is 1. The van der Waals surface area contributed by atoms with Crippen molar-refractivity contribution >= 4 is 23.1 Å². The molecule has 4 nitrogen and oxygen atoms in total. The van der Waals surface area contributed by atoms with Crippen LogP contribution in [0.15, 0.2) is 54.6 Å². The molecule has 2 atom stereocenters. The molecule has 0 aromatic heterocycles. The molecule has 2 bridgehead atoms. The Bertz CT molecular complexity index is 820. The average Bonchev–Trinajstić information content (AvgIpc) is 2.74. The number of fused-ring (bicyclic) bond motifs is 4. The van der Waals surface area contributed by atoms with Gasteiger partial charge in [-0.1, -0.05) is 54.6 Å². The standard InChI is InChI=1S/C23H26N2O2.BrH/c26-23(27-21-16-24-13-10-18(21)11-14-24)25-15-12-17-6-4-5-9-20(17)22(25)19-7-2-1-3-8-19;/h1-9,18,21-22H,10-16H2;1H/t21-,22-;/m0./s1. The normalized spacial score (nSPS) is 28.2. The summed E-state index contributed by atoms with van der Waals surface area (Å²) >= 11 is 0. The summed E-state index contributed by atoms with van der Waals surface area (Å²) in [7, 11) is 0. The second-order valence-corrected chi connectivity index (χ2v) is 8.02. The highest BCUT2D eigenvalue weighted by Gasteiger charge is 2.39. The lowest BCUT2D eigenvalue weighted by molar-refractivity contribution is -0.0462. The molecule has 28 heavy (non-hydrogen) atoms. The second-order valence-electron chi connectivity index (χ2n) is 8.02. The van der Waals surface area contributed by atoms with Crippen molar-refractivity contribution in [2.24, 2.45) is 5.92 Å². The van der Waals surface area contributed by atoms with Gasteiger partial charge in [0.1, 0.15) is 6.10 Å². The minimum absolute atomic E-state index is 0. The molecule has 5 heteroatoms. The van der Waals surface area contributed by atoms with Gasteiger partial charge in [0.2, 0.25) is 0 Å². The minimum atomic E-state index is -0.155. The van der Waals surface area contributed by atoms with Gasteiger partial charge >= 0.3 is 6.09 Å². The molecular weight excluding hydrogens is 416 g/mol. The van der Waals surface area contributed by atoms with Crippen molar-refractivity contribution in [3.63, 3.8) is 0 Å². The lowest BCUT2D eigenvalue weighted by atomic mass is 9.86. The van der Waals surface area contributed by atoms with E-state index in [-0.39, 0.29) is 35.2 Å². The molecule has 3 saturated heterocycles. The third-order valence-corrected chi connectivity index (χ3v) is 6.48. The fourth-order valence-corrected chi connectivity index (χ4v) is 5.00. The Morgan fingerprint density at radius 1 is 0.929 bits per heavy atom. The van der Waals surface area contributed by atoms with Crippen LogP contribution in [0, 0.1) is 5.92 Å². The Kier molecular flexibility index (Phi) is 5.74. The van der Waals surface area contributed by atoms with E-state index < -0.39 is 0 Å². The molecule has 0 N–H and O–H groups in total. The average molecular weight is 443 g/mol. The molecule has 3 fully saturated rings. The molecule has 6 rings (SSSR count). The maximum absolute atomic E-state index is 13.2. The summed E-state index contributed by atoms with van der Waals surface area (Å²) in [5.41, 5.74) is 3.70. The Morgan fingerprint density at radius 3 is 2.36 bits per heavy atom. The van der Waals surface area contributed by atoms with Gasteiger partial charge in [0.05, 0.1) is 6.04 Å². The number of hydrogen-bond donors (Lipinski definition) is 0. The van der Waals surface area contributed by atoms with Crippen LogP contribution in [0.4, 0.5) is 4.79 Å². The zero-order valence-electron chi connectivity index (χ0n) is 16.0. The Hall–Kier alpha value is -1.85. The molecular formula is C23H27BrN2O2. The van der Waals surface area contributed by atoms with Gasteiger partial charge in [0.25, 0.3) is 0 Å². The maximum Gasteiger partial charge on any atom is 0.410 e. The van der Waals surface area contributed by atoms with Crippen molar-refractivity contribution in [1.82, 2.24) is 9.80 Å². The largest absolute Gasteiger partial charge is 0.444 e. The number of rotatable bonds is 2. The number of amides is 1. The first-order valence-electron chi connectivity index (χ1n) is 10.1. The van der Waals surface area contributed by atoms with E-state index in [4.69, 9.17) is 4.74 Å². The number of hydrogen-bond acceptors (Lipinski definition) is 3. The monoisotopic (exact) mass is 442 g/mol. The third-order valence-electron chi connectivity index (χ3n) is 6.48. The second kappa shape index (κ2) is 8.26. The lowest BCUT2D eigenvalue weighted by Gasteiger charge is -2.45. The van der Waals surface area contributed by atoms with Gasteiger partial charge in [-0.2, -0.15) is 0 Å². The minimum Gasteiger partial charge on any atom is -0.444 e. The lowest BCUT2D eigenvalue weighted by Crippen LogP contribution is -2.53. The van der Waals surface area contributed by atoms with Gasteiger partial charge in [-0.05, 0) is 55.0 Å². The molecule has 148 valence electrons. The van der Waals surface area contributed by atoms with E-state index in [2.05, 4.69) is 41.3 Å². The van der Waals surface area contributed by atoms with Crippen molar-refractivity contribution in [2.75, 3.05) is 26.2 Å². The summed E-state index contributed by atoms with van der Waals surface area (Å²) in [5, 5.41) is 0. The number of benzene rings is 2. The van der Waals surface area contributed by atoms with Crippen LogP contribution in [0.1, 0.15) is 35.6 Å². The Labute approximate surface area is 177 Å². The fourth-order valence-electron chi connectivity index (χ4n) is 5.00. The van der Waals surface area contributed by atoms with Gasteiger partial charge in [-0.15, -0.1) is 17.0 Å². The number of ether oxygens (including phenoxy) is 1. The molecule has 0 radical (unpaired) electrons. The molecule has 0 saturated carbocycles. The SMILES string of the molecule is Br.O=C(O[C@H]1CN2CCC1CC2)N1CCc2ccccc2[C@@H]1c1ccccc1. The molecule has 0 spiro atoms. The summed E-state index contributed by atoms with van der Waals surface area (Å²) in [6.45, 7) is 3.91. The number of piperidine rings is 3. The molecule has 0 unspecified atom stereocenters. The number of nitrogens with zero attached hydrogens (tertiary/aromatic N) is 2. The maximum atomic E-state index is 13.2. The van der Waals surface area contributed by atoms with Crippen LogP contribution < -0.4 is 0 Å². The number of halogens is 1. The summed E-state index contributed by atoms with van der Waals surface area (Å²) in [6.07, 6.45) is 3.09. The molecule has 0 aliphatic carbocycles. The van der Waals surface area contributed by atoms with E-state index in [1.165, 1.54) is 11.1 Å². The topological polar surface area (TPSA) is 32.8 Å². The highest BCUT2D eigenvalue weighted by atomic mass is 79.9. The van der Waals surface area contributed by atoms with Gasteiger partial charge < -0.3 is 4.74 Å². The zero-order chi connectivity index (χ0) is 18.2. The Balaban J connectivity index is 0.00000192. The molecule has 4 heterocycles. The van der Waals surface area contributed by atoms with Crippen LogP contribution in [0.5, 0.6) is 0 Å². The van der Waals surface area contributed by atoms with Crippen LogP contribution in [-0.2, 0) is 11.2 Å². The first kappa shape index (κ1) is 19.5. The quantitative estimate of drug-likeness (QED) is 0.688. The number of carbonyl (C=O) groups is 1. The summed E-state index contributed by atoms with van der Waals surface area (Å²) in [5.74, 6) is 0.534. The van der Waals surface area contributed by atoms with Crippen molar-refractivity contribution in [3.05, 3.63) is 71.3 Å². The van der Waals surface area contributed by atoms with Gasteiger partial charge in [-0.3, -0.25) is 9.80 Å². The van der Waals surface area contributed by atoms with E-state index in [0.717, 1.165) is 44.5 Å². The fraction of sp³-hybridized carbons (Fsp3) is 0.435. The van der Waals surface area contributed by atoms with Gasteiger partial charge in [-0.25, -0.2) is 4.79 Å².